The molecule has 0 aromatic carbocycles. The fourth-order valence-electron chi connectivity index (χ4n) is 1.06. The number of carbonyl (C=O) groups excluding carboxylic acids is 1. The molecule has 0 spiro atoms. The maximum Gasteiger partial charge on any atom is 0.519 e. The molecule has 0 aliphatic carbocycles. The summed E-state index contributed by atoms with van der Waals surface area (Å²) in [7, 11) is 1.79. The zero-order valence-corrected chi connectivity index (χ0v) is 9.25. The smallest absolute Gasteiger partial charge is 0.396 e. The van der Waals surface area contributed by atoms with E-state index in [0.29, 0.717) is 24.6 Å². The Labute approximate surface area is 92.2 Å². The number of urea groups is 1. The fraction of sp³-hybridized carbons (Fsp3) is 0.556. The van der Waals surface area contributed by atoms with Gasteiger partial charge in [0.1, 0.15) is 5.76 Å². The number of rotatable bonds is 5. The molecule has 16 heavy (non-hydrogen) atoms. The molecule has 3 N–H and O–H groups in total. The van der Waals surface area contributed by atoms with Crippen LogP contribution in [-0.2, 0) is 6.54 Å². The summed E-state index contributed by atoms with van der Waals surface area (Å²) >= 11 is 0. The first-order valence-electron chi connectivity index (χ1n) is 4.89. The number of aryl methyl sites for hydroxylation is 1. The van der Waals surface area contributed by atoms with Gasteiger partial charge in [0.25, 0.3) is 0 Å². The van der Waals surface area contributed by atoms with Crippen molar-refractivity contribution in [1.29, 1.82) is 0 Å². The van der Waals surface area contributed by atoms with Crippen LogP contribution in [0, 0.1) is 6.92 Å². The Hall–Kier alpha value is -1.76. The van der Waals surface area contributed by atoms with Crippen molar-refractivity contribution in [3.05, 3.63) is 22.1 Å². The summed E-state index contributed by atoms with van der Waals surface area (Å²) in [5, 5.41) is 8.05. The van der Waals surface area contributed by atoms with Crippen molar-refractivity contribution < 1.29 is 13.6 Å². The predicted molar refractivity (Wildman–Crippen MR) is 56.1 cm³/mol. The summed E-state index contributed by atoms with van der Waals surface area (Å²) in [5.41, 5.74) is 0. The van der Waals surface area contributed by atoms with Crippen LogP contribution in [0.25, 0.3) is 0 Å². The quantitative estimate of drug-likeness (QED) is 0.595. The molecule has 7 nitrogen and oxygen atoms in total. The minimum absolute atomic E-state index is 0.128. The number of hydrogen-bond donors (Lipinski definition) is 3. The van der Waals surface area contributed by atoms with Crippen LogP contribution in [0.1, 0.15) is 11.5 Å². The summed E-state index contributed by atoms with van der Waals surface area (Å²) in [5.74, 6) is -0.0563. The van der Waals surface area contributed by atoms with Gasteiger partial charge in [-0.3, -0.25) is 0 Å². The molecular formula is C9H15N3O4. The van der Waals surface area contributed by atoms with Crippen molar-refractivity contribution in [2.75, 3.05) is 20.1 Å². The number of carbonyl (C=O) groups is 1. The average Bonchev–Trinajstić information content (AvgIpc) is 2.55. The zero-order valence-electron chi connectivity index (χ0n) is 9.25. The van der Waals surface area contributed by atoms with Crippen LogP contribution in [0.4, 0.5) is 4.79 Å². The van der Waals surface area contributed by atoms with E-state index in [4.69, 9.17) is 4.42 Å². The van der Waals surface area contributed by atoms with Gasteiger partial charge in [-0.05, 0) is 14.0 Å². The molecule has 0 aliphatic rings. The lowest BCUT2D eigenvalue weighted by atomic mass is 10.4. The highest BCUT2D eigenvalue weighted by molar-refractivity contribution is 5.73. The van der Waals surface area contributed by atoms with E-state index >= 15 is 0 Å². The van der Waals surface area contributed by atoms with E-state index in [1.165, 1.54) is 0 Å². The SMILES string of the molecule is CNCCNC(=O)NCc1oc(=O)oc1C. The van der Waals surface area contributed by atoms with E-state index in [1.807, 2.05) is 0 Å². The number of amides is 2. The van der Waals surface area contributed by atoms with Crippen LogP contribution in [0.3, 0.4) is 0 Å². The molecule has 2 amide bonds. The Kier molecular flexibility index (Phi) is 4.59. The van der Waals surface area contributed by atoms with Crippen molar-refractivity contribution in [2.45, 2.75) is 13.5 Å². The Morgan fingerprint density at radius 2 is 2.00 bits per heavy atom. The van der Waals surface area contributed by atoms with E-state index in [2.05, 4.69) is 20.4 Å². The lowest BCUT2D eigenvalue weighted by Gasteiger charge is -2.05. The first-order chi connectivity index (χ1) is 7.63. The van der Waals surface area contributed by atoms with Crippen molar-refractivity contribution in [3.8, 4) is 0 Å². The lowest BCUT2D eigenvalue weighted by molar-refractivity contribution is 0.239. The van der Waals surface area contributed by atoms with E-state index in [9.17, 15) is 9.59 Å². The third-order valence-electron chi connectivity index (χ3n) is 1.91. The van der Waals surface area contributed by atoms with Crippen LogP contribution in [0.15, 0.2) is 13.6 Å². The maximum atomic E-state index is 11.2. The summed E-state index contributed by atoms with van der Waals surface area (Å²) in [6, 6.07) is -0.321. The molecule has 1 heterocycles. The van der Waals surface area contributed by atoms with Gasteiger partial charge in [0.15, 0.2) is 5.76 Å². The molecular weight excluding hydrogens is 214 g/mol. The van der Waals surface area contributed by atoms with Gasteiger partial charge in [0, 0.05) is 13.1 Å². The Morgan fingerprint density at radius 1 is 1.25 bits per heavy atom. The Balaban J connectivity index is 2.31. The van der Waals surface area contributed by atoms with Gasteiger partial charge >= 0.3 is 11.9 Å². The Morgan fingerprint density at radius 3 is 2.56 bits per heavy atom. The van der Waals surface area contributed by atoms with Gasteiger partial charge in [-0.2, -0.15) is 0 Å². The van der Waals surface area contributed by atoms with Crippen LogP contribution in [-0.4, -0.2) is 26.2 Å². The first-order valence-corrected chi connectivity index (χ1v) is 4.89. The number of likely N-dealkylation sites (N-methyl/N-ethyl adjacent to an activating group) is 1. The molecule has 0 unspecified atom stereocenters. The van der Waals surface area contributed by atoms with E-state index in [1.54, 1.807) is 14.0 Å². The van der Waals surface area contributed by atoms with Crippen molar-refractivity contribution >= 4 is 6.03 Å². The van der Waals surface area contributed by atoms with E-state index < -0.39 is 5.82 Å². The predicted octanol–water partition coefficient (Wildman–Crippen LogP) is -0.440. The molecule has 0 saturated carbocycles. The standard InChI is InChI=1S/C9H15N3O4/c1-6-7(16-9(14)15-6)5-12-8(13)11-4-3-10-2/h10H,3-5H2,1-2H3,(H2,11,12,13). The second-order valence-electron chi connectivity index (χ2n) is 3.15. The molecule has 0 saturated heterocycles. The zero-order chi connectivity index (χ0) is 12.0. The molecule has 0 atom stereocenters. The average molecular weight is 229 g/mol. The second kappa shape index (κ2) is 5.96. The summed E-state index contributed by atoms with van der Waals surface area (Å²) in [6.45, 7) is 2.94. The highest BCUT2D eigenvalue weighted by Crippen LogP contribution is 2.03. The van der Waals surface area contributed by atoms with E-state index in [-0.39, 0.29) is 12.6 Å². The van der Waals surface area contributed by atoms with Crippen molar-refractivity contribution in [1.82, 2.24) is 16.0 Å². The molecule has 0 fully saturated rings. The summed E-state index contributed by atoms with van der Waals surface area (Å²) in [4.78, 5) is 21.9. The van der Waals surface area contributed by atoms with Gasteiger partial charge in [0.05, 0.1) is 6.54 Å². The highest BCUT2D eigenvalue weighted by Gasteiger charge is 2.09. The van der Waals surface area contributed by atoms with Gasteiger partial charge in [-0.25, -0.2) is 9.59 Å². The molecule has 1 rings (SSSR count). The first kappa shape index (κ1) is 12.3. The molecule has 7 heteroatoms. The number of nitrogens with one attached hydrogen (secondary N) is 3. The van der Waals surface area contributed by atoms with E-state index in [0.717, 1.165) is 0 Å². The topological polar surface area (TPSA) is 96.5 Å². The van der Waals surface area contributed by atoms with Crippen LogP contribution in [0.5, 0.6) is 0 Å². The minimum Gasteiger partial charge on any atom is -0.396 e. The molecule has 0 radical (unpaired) electrons. The fourth-order valence-corrected chi connectivity index (χ4v) is 1.06. The minimum atomic E-state index is -0.759. The number of hydrogen-bond acceptors (Lipinski definition) is 5. The molecule has 90 valence electrons. The molecule has 1 aromatic rings. The molecule has 1 aromatic heterocycles. The highest BCUT2D eigenvalue weighted by atomic mass is 16.6. The maximum absolute atomic E-state index is 11.2. The molecule has 0 aliphatic heterocycles. The monoisotopic (exact) mass is 229 g/mol. The second-order valence-corrected chi connectivity index (χ2v) is 3.15. The van der Waals surface area contributed by atoms with Crippen LogP contribution >= 0.6 is 0 Å². The van der Waals surface area contributed by atoms with Gasteiger partial charge in [0.2, 0.25) is 0 Å². The van der Waals surface area contributed by atoms with Gasteiger partial charge in [-0.15, -0.1) is 0 Å². The van der Waals surface area contributed by atoms with Crippen molar-refractivity contribution in [2.24, 2.45) is 0 Å². The third kappa shape index (κ3) is 3.77. The summed E-state index contributed by atoms with van der Waals surface area (Å²) in [6.07, 6.45) is 0. The summed E-state index contributed by atoms with van der Waals surface area (Å²) < 4.78 is 9.35. The van der Waals surface area contributed by atoms with Crippen LogP contribution in [0.2, 0.25) is 0 Å². The third-order valence-corrected chi connectivity index (χ3v) is 1.91. The van der Waals surface area contributed by atoms with Gasteiger partial charge in [-0.1, -0.05) is 0 Å². The lowest BCUT2D eigenvalue weighted by Crippen LogP contribution is -2.38. The van der Waals surface area contributed by atoms with Crippen molar-refractivity contribution in [3.63, 3.8) is 0 Å². The molecule has 0 bridgehead atoms. The van der Waals surface area contributed by atoms with Gasteiger partial charge < -0.3 is 24.8 Å². The largest absolute Gasteiger partial charge is 0.519 e. The van der Waals surface area contributed by atoms with Crippen LogP contribution < -0.4 is 21.8 Å². The Bertz CT molecular complexity index is 396. The normalized spacial score (nSPS) is 10.1.